The molecule has 1 aromatic carbocycles. The van der Waals surface area contributed by atoms with Gasteiger partial charge in [-0.2, -0.15) is 4.98 Å². The van der Waals surface area contributed by atoms with Gasteiger partial charge in [-0.1, -0.05) is 30.0 Å². The van der Waals surface area contributed by atoms with Crippen molar-refractivity contribution in [2.24, 2.45) is 0 Å². The van der Waals surface area contributed by atoms with E-state index in [0.29, 0.717) is 33.4 Å². The summed E-state index contributed by atoms with van der Waals surface area (Å²) in [6.07, 6.45) is 0. The number of thioether (sulfide) groups is 1. The van der Waals surface area contributed by atoms with E-state index in [0.717, 1.165) is 17.3 Å². The van der Waals surface area contributed by atoms with Crippen LogP contribution in [0, 0.1) is 13.8 Å². The topological polar surface area (TPSA) is 94.3 Å². The van der Waals surface area contributed by atoms with Crippen molar-refractivity contribution in [3.63, 3.8) is 0 Å². The number of amides is 1. The van der Waals surface area contributed by atoms with Crippen LogP contribution in [-0.4, -0.2) is 34.2 Å². The van der Waals surface area contributed by atoms with Gasteiger partial charge in [-0.25, -0.2) is 4.98 Å². The third-order valence-corrected chi connectivity index (χ3v) is 5.03. The van der Waals surface area contributed by atoms with E-state index >= 15 is 0 Å². The normalized spacial score (nSPS) is 12.0. The quantitative estimate of drug-likeness (QED) is 0.406. The summed E-state index contributed by atoms with van der Waals surface area (Å²) < 4.78 is 10.4. The Morgan fingerprint density at radius 1 is 1.19 bits per heavy atom. The summed E-state index contributed by atoms with van der Waals surface area (Å²) in [5.41, 5.74) is 1.73. The number of esters is 1. The minimum absolute atomic E-state index is 0.286. The lowest BCUT2D eigenvalue weighted by Gasteiger charge is -2.10. The number of methoxy groups -OCH3 is 1. The Morgan fingerprint density at radius 3 is 2.56 bits per heavy atom. The number of carbonyl (C=O) groups is 2. The predicted molar refractivity (Wildman–Crippen MR) is 103 cm³/mol. The number of aromatic nitrogens is 2. The first-order valence-corrected chi connectivity index (χ1v) is 9.17. The van der Waals surface area contributed by atoms with E-state index in [2.05, 4.69) is 15.3 Å². The standard InChI is InChI=1S/C19H19N3O4S/c1-10-11(2)26-17-14(10)15(20-16(23)13-8-6-5-7-9-13)21-19(22-17)27-12(3)18(24)25-4/h5-9,12H,1-4H3,(H,20,21,22,23). The molecule has 3 aromatic rings. The van der Waals surface area contributed by atoms with E-state index in [-0.39, 0.29) is 11.9 Å². The number of furan rings is 1. The van der Waals surface area contributed by atoms with Crippen molar-refractivity contribution in [1.29, 1.82) is 0 Å². The molecule has 1 unspecified atom stereocenters. The first-order valence-electron chi connectivity index (χ1n) is 8.29. The van der Waals surface area contributed by atoms with E-state index in [1.807, 2.05) is 19.9 Å². The molecule has 140 valence electrons. The molecule has 0 fully saturated rings. The highest BCUT2D eigenvalue weighted by Crippen LogP contribution is 2.32. The third-order valence-electron chi connectivity index (χ3n) is 4.09. The van der Waals surface area contributed by atoms with Gasteiger partial charge in [0.25, 0.3) is 5.91 Å². The average Bonchev–Trinajstić information content (AvgIpc) is 2.95. The average molecular weight is 385 g/mol. The summed E-state index contributed by atoms with van der Waals surface area (Å²) in [7, 11) is 1.33. The van der Waals surface area contributed by atoms with E-state index in [4.69, 9.17) is 9.15 Å². The fourth-order valence-corrected chi connectivity index (χ4v) is 3.30. The summed E-state index contributed by atoms with van der Waals surface area (Å²) >= 11 is 1.14. The molecule has 1 N–H and O–H groups in total. The zero-order valence-electron chi connectivity index (χ0n) is 15.4. The number of anilines is 1. The molecule has 2 aromatic heterocycles. The molecule has 7 nitrogen and oxygen atoms in total. The van der Waals surface area contributed by atoms with Crippen molar-refractivity contribution in [2.45, 2.75) is 31.2 Å². The highest BCUT2D eigenvalue weighted by molar-refractivity contribution is 8.00. The Kier molecular flexibility index (Phi) is 5.46. The fourth-order valence-electron chi connectivity index (χ4n) is 2.51. The number of aryl methyl sites for hydroxylation is 2. The summed E-state index contributed by atoms with van der Waals surface area (Å²) in [6, 6.07) is 8.85. The lowest BCUT2D eigenvalue weighted by atomic mass is 10.2. The van der Waals surface area contributed by atoms with E-state index in [1.165, 1.54) is 7.11 Å². The van der Waals surface area contributed by atoms with Gasteiger partial charge in [-0.15, -0.1) is 0 Å². The van der Waals surface area contributed by atoms with Crippen LogP contribution in [0.15, 0.2) is 39.9 Å². The van der Waals surface area contributed by atoms with Gasteiger partial charge in [-0.05, 0) is 32.9 Å². The summed E-state index contributed by atoms with van der Waals surface area (Å²) in [4.78, 5) is 33.1. The Balaban J connectivity index is 2.01. The van der Waals surface area contributed by atoms with Crippen molar-refractivity contribution in [2.75, 3.05) is 12.4 Å². The summed E-state index contributed by atoms with van der Waals surface area (Å²) in [5.74, 6) is 0.372. The summed E-state index contributed by atoms with van der Waals surface area (Å²) in [6.45, 7) is 5.40. The molecular formula is C19H19N3O4S. The Labute approximate surface area is 160 Å². The smallest absolute Gasteiger partial charge is 0.318 e. The van der Waals surface area contributed by atoms with Gasteiger partial charge < -0.3 is 14.5 Å². The van der Waals surface area contributed by atoms with E-state index < -0.39 is 5.25 Å². The van der Waals surface area contributed by atoms with Crippen LogP contribution < -0.4 is 5.32 Å². The molecule has 0 spiro atoms. The zero-order valence-corrected chi connectivity index (χ0v) is 16.2. The van der Waals surface area contributed by atoms with Crippen LogP contribution in [0.25, 0.3) is 11.1 Å². The first kappa shape index (κ1) is 18.9. The highest BCUT2D eigenvalue weighted by atomic mass is 32.2. The lowest BCUT2D eigenvalue weighted by molar-refractivity contribution is -0.139. The maximum atomic E-state index is 12.6. The predicted octanol–water partition coefficient (Wildman–Crippen LogP) is 3.75. The number of nitrogens with zero attached hydrogens (tertiary/aromatic N) is 2. The van der Waals surface area contributed by atoms with Crippen molar-refractivity contribution in [3.05, 3.63) is 47.2 Å². The van der Waals surface area contributed by atoms with E-state index in [1.54, 1.807) is 31.2 Å². The second kappa shape index (κ2) is 7.79. The molecule has 0 aliphatic rings. The molecule has 0 bridgehead atoms. The molecule has 27 heavy (non-hydrogen) atoms. The van der Waals surface area contributed by atoms with Crippen LogP contribution in [0.1, 0.15) is 28.6 Å². The second-order valence-electron chi connectivity index (χ2n) is 5.92. The van der Waals surface area contributed by atoms with Crippen molar-refractivity contribution < 1.29 is 18.7 Å². The molecule has 0 saturated heterocycles. The van der Waals surface area contributed by atoms with Crippen LogP contribution >= 0.6 is 11.8 Å². The van der Waals surface area contributed by atoms with Crippen molar-refractivity contribution in [3.8, 4) is 0 Å². The maximum Gasteiger partial charge on any atom is 0.318 e. The van der Waals surface area contributed by atoms with Gasteiger partial charge in [0.1, 0.15) is 16.8 Å². The van der Waals surface area contributed by atoms with Gasteiger partial charge in [-0.3, -0.25) is 9.59 Å². The number of ether oxygens (including phenoxy) is 1. The van der Waals surface area contributed by atoms with Crippen LogP contribution in [0.4, 0.5) is 5.82 Å². The molecule has 0 radical (unpaired) electrons. The highest BCUT2D eigenvalue weighted by Gasteiger charge is 2.22. The van der Waals surface area contributed by atoms with Gasteiger partial charge >= 0.3 is 5.97 Å². The van der Waals surface area contributed by atoms with Gasteiger partial charge in [0.2, 0.25) is 5.71 Å². The molecule has 0 saturated carbocycles. The Morgan fingerprint density at radius 2 is 1.89 bits per heavy atom. The lowest BCUT2D eigenvalue weighted by Crippen LogP contribution is -2.16. The number of hydrogen-bond donors (Lipinski definition) is 1. The molecule has 0 aliphatic heterocycles. The minimum Gasteiger partial charge on any atom is -0.468 e. The SMILES string of the molecule is COC(=O)C(C)Sc1nc(NC(=O)c2ccccc2)c2c(C)c(C)oc2n1. The number of benzene rings is 1. The fraction of sp³-hybridized carbons (Fsp3) is 0.263. The van der Waals surface area contributed by atoms with Gasteiger partial charge in [0.15, 0.2) is 5.16 Å². The summed E-state index contributed by atoms with van der Waals surface area (Å²) in [5, 5.41) is 3.30. The molecule has 2 heterocycles. The number of fused-ring (bicyclic) bond motifs is 1. The van der Waals surface area contributed by atoms with Crippen LogP contribution in [0.3, 0.4) is 0 Å². The maximum absolute atomic E-state index is 12.6. The number of hydrogen-bond acceptors (Lipinski definition) is 7. The number of carbonyl (C=O) groups excluding carboxylic acids is 2. The largest absolute Gasteiger partial charge is 0.468 e. The van der Waals surface area contributed by atoms with Crippen LogP contribution in [0.2, 0.25) is 0 Å². The molecule has 0 aliphatic carbocycles. The van der Waals surface area contributed by atoms with E-state index in [9.17, 15) is 9.59 Å². The Hall–Kier alpha value is -2.87. The molecule has 3 rings (SSSR count). The first-order chi connectivity index (χ1) is 12.9. The second-order valence-corrected chi connectivity index (χ2v) is 7.23. The van der Waals surface area contributed by atoms with Gasteiger partial charge in [0, 0.05) is 11.1 Å². The van der Waals surface area contributed by atoms with Crippen LogP contribution in [-0.2, 0) is 9.53 Å². The molecule has 1 amide bonds. The zero-order chi connectivity index (χ0) is 19.6. The molecular weight excluding hydrogens is 366 g/mol. The number of rotatable bonds is 5. The van der Waals surface area contributed by atoms with Gasteiger partial charge in [0.05, 0.1) is 12.5 Å². The van der Waals surface area contributed by atoms with Crippen LogP contribution in [0.5, 0.6) is 0 Å². The molecule has 8 heteroatoms. The Bertz CT molecular complexity index is 1000. The molecule has 1 atom stereocenters. The minimum atomic E-state index is -0.498. The third kappa shape index (κ3) is 3.95. The number of nitrogens with one attached hydrogen (secondary N) is 1. The van der Waals surface area contributed by atoms with Crippen molar-refractivity contribution >= 4 is 40.6 Å². The monoisotopic (exact) mass is 385 g/mol. The van der Waals surface area contributed by atoms with Crippen molar-refractivity contribution in [1.82, 2.24) is 9.97 Å².